The van der Waals surface area contributed by atoms with Crippen LogP contribution in [0.5, 0.6) is 0 Å². The maximum atomic E-state index is 11.5. The molecule has 1 aromatic carbocycles. The first kappa shape index (κ1) is 16.2. The Morgan fingerprint density at radius 2 is 1.65 bits per heavy atom. The number of carbonyl (C=O) groups excluding carboxylic acids is 2. The van der Waals surface area contributed by atoms with E-state index < -0.39 is 0 Å². The molecule has 1 atom stereocenters. The molecular weight excluding hydrogens is 256 g/mol. The molecule has 0 radical (unpaired) electrons. The van der Waals surface area contributed by atoms with E-state index in [0.717, 1.165) is 12.0 Å². The maximum absolute atomic E-state index is 11.5. The highest BCUT2D eigenvalue weighted by Crippen LogP contribution is 2.05. The largest absolute Gasteiger partial charge is 0.465 e. The lowest BCUT2D eigenvalue weighted by Gasteiger charge is -2.09. The Hall–Kier alpha value is -1.84. The predicted octanol–water partition coefficient (Wildman–Crippen LogP) is 3.10. The van der Waals surface area contributed by atoms with Gasteiger partial charge in [-0.05, 0) is 11.5 Å². The normalized spacial score (nSPS) is 11.7. The molecule has 20 heavy (non-hydrogen) atoms. The molecule has 0 N–H and O–H groups in total. The molecule has 1 aromatic rings. The average Bonchev–Trinajstić information content (AvgIpc) is 2.49. The topological polar surface area (TPSA) is 52.6 Å². The summed E-state index contributed by atoms with van der Waals surface area (Å²) in [6, 6.07) is 9.44. The van der Waals surface area contributed by atoms with Crippen LogP contribution in [0.2, 0.25) is 0 Å². The van der Waals surface area contributed by atoms with E-state index in [4.69, 9.17) is 9.47 Å². The number of rotatable bonds is 8. The van der Waals surface area contributed by atoms with E-state index in [1.165, 1.54) is 0 Å². The second kappa shape index (κ2) is 9.13. The highest BCUT2D eigenvalue weighted by atomic mass is 16.5. The van der Waals surface area contributed by atoms with Gasteiger partial charge < -0.3 is 9.47 Å². The van der Waals surface area contributed by atoms with Crippen molar-refractivity contribution in [2.45, 2.75) is 39.7 Å². The molecule has 0 aliphatic heterocycles. The predicted molar refractivity (Wildman–Crippen MR) is 75.9 cm³/mol. The molecular formula is C16H22O4. The number of hydrogen-bond acceptors (Lipinski definition) is 4. The summed E-state index contributed by atoms with van der Waals surface area (Å²) < 4.78 is 10.1. The van der Waals surface area contributed by atoms with Gasteiger partial charge in [-0.1, -0.05) is 50.6 Å². The van der Waals surface area contributed by atoms with Crippen molar-refractivity contribution in [1.29, 1.82) is 0 Å². The quantitative estimate of drug-likeness (QED) is 0.686. The molecule has 0 saturated carbocycles. The third-order valence-electron chi connectivity index (χ3n) is 3.00. The zero-order valence-electron chi connectivity index (χ0n) is 12.1. The molecule has 0 aliphatic rings. The molecule has 0 bridgehead atoms. The van der Waals surface area contributed by atoms with Crippen LogP contribution in [0.4, 0.5) is 0 Å². The van der Waals surface area contributed by atoms with Crippen molar-refractivity contribution < 1.29 is 19.1 Å². The van der Waals surface area contributed by atoms with Gasteiger partial charge in [-0.25, -0.2) is 0 Å². The van der Waals surface area contributed by atoms with Crippen molar-refractivity contribution in [3.63, 3.8) is 0 Å². The monoisotopic (exact) mass is 278 g/mol. The van der Waals surface area contributed by atoms with E-state index in [-0.39, 0.29) is 31.4 Å². The van der Waals surface area contributed by atoms with Crippen LogP contribution in [0, 0.1) is 5.92 Å². The zero-order chi connectivity index (χ0) is 14.8. The van der Waals surface area contributed by atoms with Gasteiger partial charge in [-0.3, -0.25) is 9.59 Å². The smallest absolute Gasteiger partial charge is 0.306 e. The molecule has 0 amide bonds. The van der Waals surface area contributed by atoms with Gasteiger partial charge >= 0.3 is 11.9 Å². The number of benzene rings is 1. The van der Waals surface area contributed by atoms with Crippen LogP contribution in [-0.4, -0.2) is 18.5 Å². The minimum Gasteiger partial charge on any atom is -0.465 e. The average molecular weight is 278 g/mol. The molecule has 110 valence electrons. The van der Waals surface area contributed by atoms with Crippen LogP contribution >= 0.6 is 0 Å². The molecule has 0 spiro atoms. The second-order valence-corrected chi connectivity index (χ2v) is 4.84. The van der Waals surface area contributed by atoms with Crippen molar-refractivity contribution in [2.24, 2.45) is 5.92 Å². The number of hydrogen-bond donors (Lipinski definition) is 0. The maximum Gasteiger partial charge on any atom is 0.306 e. The highest BCUT2D eigenvalue weighted by Gasteiger charge is 2.10. The van der Waals surface area contributed by atoms with Crippen LogP contribution < -0.4 is 0 Å². The summed E-state index contributed by atoms with van der Waals surface area (Å²) in [5.41, 5.74) is 0.931. The molecule has 0 saturated heterocycles. The minimum atomic E-state index is -0.380. The van der Waals surface area contributed by atoms with Gasteiger partial charge in [0.1, 0.15) is 6.61 Å². The summed E-state index contributed by atoms with van der Waals surface area (Å²) in [5, 5.41) is 0. The van der Waals surface area contributed by atoms with Crippen molar-refractivity contribution in [3.05, 3.63) is 35.9 Å². The van der Waals surface area contributed by atoms with Gasteiger partial charge in [0.15, 0.2) is 0 Å². The fourth-order valence-electron chi connectivity index (χ4n) is 1.44. The van der Waals surface area contributed by atoms with Gasteiger partial charge in [0.2, 0.25) is 0 Å². The Labute approximate surface area is 120 Å². The first-order valence-electron chi connectivity index (χ1n) is 6.97. The molecule has 1 unspecified atom stereocenters. The van der Waals surface area contributed by atoms with Crippen LogP contribution in [-0.2, 0) is 25.7 Å². The van der Waals surface area contributed by atoms with E-state index >= 15 is 0 Å². The minimum absolute atomic E-state index is 0.0617. The summed E-state index contributed by atoms with van der Waals surface area (Å²) in [6.45, 7) is 4.71. The third-order valence-corrected chi connectivity index (χ3v) is 3.00. The van der Waals surface area contributed by atoms with Gasteiger partial charge in [0.05, 0.1) is 19.4 Å². The summed E-state index contributed by atoms with van der Waals surface area (Å²) in [6.07, 6.45) is 1.10. The molecule has 0 fully saturated rings. The van der Waals surface area contributed by atoms with Gasteiger partial charge in [0, 0.05) is 0 Å². The van der Waals surface area contributed by atoms with Crippen LogP contribution in [0.3, 0.4) is 0 Å². The molecule has 4 nitrogen and oxygen atoms in total. The molecule has 0 aliphatic carbocycles. The Morgan fingerprint density at radius 1 is 1.05 bits per heavy atom. The number of ether oxygens (including phenoxy) is 2. The Morgan fingerprint density at radius 3 is 2.25 bits per heavy atom. The SMILES string of the molecule is CCC(C)COC(=O)CCC(=O)OCc1ccccc1. The van der Waals surface area contributed by atoms with Crippen molar-refractivity contribution in [1.82, 2.24) is 0 Å². The Balaban J connectivity index is 2.15. The third kappa shape index (κ3) is 6.92. The standard InChI is InChI=1S/C16H22O4/c1-3-13(2)11-19-15(17)9-10-16(18)20-12-14-7-5-4-6-8-14/h4-8,13H,3,9-12H2,1-2H3. The van der Waals surface area contributed by atoms with Crippen LogP contribution in [0.1, 0.15) is 38.7 Å². The van der Waals surface area contributed by atoms with Crippen molar-refractivity contribution in [3.8, 4) is 0 Å². The zero-order valence-corrected chi connectivity index (χ0v) is 12.1. The first-order chi connectivity index (χ1) is 9.61. The fourth-order valence-corrected chi connectivity index (χ4v) is 1.44. The van der Waals surface area contributed by atoms with E-state index in [2.05, 4.69) is 0 Å². The van der Waals surface area contributed by atoms with E-state index in [0.29, 0.717) is 12.5 Å². The summed E-state index contributed by atoms with van der Waals surface area (Å²) in [5.74, 6) is -0.375. The van der Waals surface area contributed by atoms with Crippen molar-refractivity contribution >= 4 is 11.9 Å². The van der Waals surface area contributed by atoms with Crippen LogP contribution in [0.15, 0.2) is 30.3 Å². The Bertz CT molecular complexity index is 414. The molecule has 0 aromatic heterocycles. The van der Waals surface area contributed by atoms with Gasteiger partial charge in [-0.15, -0.1) is 0 Å². The summed E-state index contributed by atoms with van der Waals surface area (Å²) >= 11 is 0. The molecule has 0 heterocycles. The Kier molecular flexibility index (Phi) is 7.40. The van der Waals surface area contributed by atoms with Crippen LogP contribution in [0.25, 0.3) is 0 Å². The van der Waals surface area contributed by atoms with E-state index in [1.54, 1.807) is 0 Å². The summed E-state index contributed by atoms with van der Waals surface area (Å²) in [4.78, 5) is 22.9. The molecule has 1 rings (SSSR count). The molecule has 4 heteroatoms. The lowest BCUT2D eigenvalue weighted by Crippen LogP contribution is -2.13. The van der Waals surface area contributed by atoms with E-state index in [9.17, 15) is 9.59 Å². The van der Waals surface area contributed by atoms with Gasteiger partial charge in [0.25, 0.3) is 0 Å². The van der Waals surface area contributed by atoms with E-state index in [1.807, 2.05) is 44.2 Å². The lowest BCUT2D eigenvalue weighted by atomic mass is 10.1. The number of carbonyl (C=O) groups is 2. The highest BCUT2D eigenvalue weighted by molar-refractivity contribution is 5.77. The summed E-state index contributed by atoms with van der Waals surface area (Å²) in [7, 11) is 0. The van der Waals surface area contributed by atoms with Gasteiger partial charge in [-0.2, -0.15) is 0 Å². The van der Waals surface area contributed by atoms with Crippen molar-refractivity contribution in [2.75, 3.05) is 6.61 Å². The first-order valence-corrected chi connectivity index (χ1v) is 6.97. The second-order valence-electron chi connectivity index (χ2n) is 4.84. The number of esters is 2. The fraction of sp³-hybridized carbons (Fsp3) is 0.500. The lowest BCUT2D eigenvalue weighted by molar-refractivity contribution is -0.151.